The molecule has 1 aliphatic rings. The van der Waals surface area contributed by atoms with Gasteiger partial charge in [0.2, 0.25) is 0 Å². The molecule has 0 radical (unpaired) electrons. The highest BCUT2D eigenvalue weighted by Gasteiger charge is 2.04. The van der Waals surface area contributed by atoms with E-state index in [1.165, 1.54) is 16.7 Å². The van der Waals surface area contributed by atoms with Gasteiger partial charge in [-0.2, -0.15) is 0 Å². The minimum atomic E-state index is 1.12. The lowest BCUT2D eigenvalue weighted by Gasteiger charge is -2.03. The van der Waals surface area contributed by atoms with Crippen LogP contribution in [0.25, 0.3) is 5.57 Å². The molecule has 0 N–H and O–H groups in total. The number of rotatable bonds is 1. The maximum absolute atomic E-state index is 2.31. The minimum absolute atomic E-state index is 1.12. The Morgan fingerprint density at radius 1 is 1.06 bits per heavy atom. The Bertz CT molecular complexity index is 447. The molecular formula is C15H18N+. The first-order chi connectivity index (χ1) is 7.75. The van der Waals surface area contributed by atoms with Gasteiger partial charge in [-0.1, -0.05) is 35.9 Å². The van der Waals surface area contributed by atoms with Crippen molar-refractivity contribution in [2.24, 2.45) is 0 Å². The van der Waals surface area contributed by atoms with Crippen molar-refractivity contribution in [1.29, 1.82) is 0 Å². The lowest BCUT2D eigenvalue weighted by Crippen LogP contribution is -2.02. The van der Waals surface area contributed by atoms with Crippen molar-refractivity contribution in [2.75, 3.05) is 7.05 Å². The maximum atomic E-state index is 2.31. The molecule has 1 nitrogen and oxygen atoms in total. The molecular weight excluding hydrogens is 194 g/mol. The largest absolute Gasteiger partial charge is 0.208 e. The molecule has 1 heteroatoms. The van der Waals surface area contributed by atoms with Gasteiger partial charge in [-0.05, 0) is 31.4 Å². The van der Waals surface area contributed by atoms with Crippen LogP contribution in [0.5, 0.6) is 0 Å². The molecule has 1 aliphatic heterocycles. The second-order valence-corrected chi connectivity index (χ2v) is 4.28. The van der Waals surface area contributed by atoms with E-state index >= 15 is 0 Å². The van der Waals surface area contributed by atoms with Gasteiger partial charge in [0.15, 0.2) is 12.4 Å². The predicted octanol–water partition coefficient (Wildman–Crippen LogP) is 3.40. The monoisotopic (exact) mass is 212 g/mol. The first kappa shape index (κ1) is 10.9. The highest BCUT2D eigenvalue weighted by atomic mass is 14.9. The van der Waals surface area contributed by atoms with E-state index in [2.05, 4.69) is 67.4 Å². The predicted molar refractivity (Wildman–Crippen MR) is 69.8 cm³/mol. The molecule has 0 aliphatic carbocycles. The lowest BCUT2D eigenvalue weighted by atomic mass is 10.0. The van der Waals surface area contributed by atoms with E-state index in [1.54, 1.807) is 0 Å². The molecule has 82 valence electrons. The van der Waals surface area contributed by atoms with Gasteiger partial charge < -0.3 is 0 Å². The highest BCUT2D eigenvalue weighted by Crippen LogP contribution is 2.15. The Morgan fingerprint density at radius 2 is 1.81 bits per heavy atom. The summed E-state index contributed by atoms with van der Waals surface area (Å²) in [4.78, 5) is 0. The van der Waals surface area contributed by atoms with Crippen LogP contribution in [0.15, 0.2) is 42.6 Å². The molecule has 0 aromatic heterocycles. The molecule has 0 saturated carbocycles. The second kappa shape index (κ2) is 4.93. The van der Waals surface area contributed by atoms with E-state index in [9.17, 15) is 0 Å². The SMILES string of the molecule is Cc1ccc(C2=CCCC=C[N+](C)=C2)cc1. The smallest absolute Gasteiger partial charge is 0.176 e. The summed E-state index contributed by atoms with van der Waals surface area (Å²) < 4.78 is 2.12. The molecule has 0 bridgehead atoms. The zero-order chi connectivity index (χ0) is 11.4. The average Bonchev–Trinajstić information content (AvgIpc) is 2.24. The Labute approximate surface area is 97.4 Å². The molecule has 1 aromatic rings. The number of hydrogen-bond acceptors (Lipinski definition) is 0. The molecule has 2 rings (SSSR count). The molecule has 0 unspecified atom stereocenters. The topological polar surface area (TPSA) is 3.01 Å². The van der Waals surface area contributed by atoms with Gasteiger partial charge in [0.25, 0.3) is 0 Å². The van der Waals surface area contributed by atoms with Crippen LogP contribution < -0.4 is 0 Å². The number of benzene rings is 1. The highest BCUT2D eigenvalue weighted by molar-refractivity contribution is 6.07. The second-order valence-electron chi connectivity index (χ2n) is 4.28. The van der Waals surface area contributed by atoms with Crippen LogP contribution in [0.2, 0.25) is 0 Å². The zero-order valence-electron chi connectivity index (χ0n) is 9.98. The van der Waals surface area contributed by atoms with Crippen LogP contribution in [0.4, 0.5) is 0 Å². The average molecular weight is 212 g/mol. The molecule has 0 saturated heterocycles. The van der Waals surface area contributed by atoms with E-state index in [1.807, 2.05) is 0 Å². The summed E-state index contributed by atoms with van der Waals surface area (Å²) in [5, 5.41) is 0. The van der Waals surface area contributed by atoms with Gasteiger partial charge in [0.1, 0.15) is 7.05 Å². The molecule has 1 aromatic carbocycles. The molecule has 0 atom stereocenters. The van der Waals surface area contributed by atoms with Gasteiger partial charge in [-0.25, -0.2) is 4.58 Å². The third-order valence-corrected chi connectivity index (χ3v) is 2.77. The normalized spacial score (nSPS) is 16.1. The standard InChI is InChI=1S/C15H18N/c1-13-7-9-14(10-8-13)15-6-4-3-5-11-16(2)12-15/h5-12H,3-4H2,1-2H3/q+1. The third-order valence-electron chi connectivity index (χ3n) is 2.77. The fraction of sp³-hybridized carbons (Fsp3) is 0.267. The molecule has 0 fully saturated rings. The van der Waals surface area contributed by atoms with Crippen molar-refractivity contribution in [3.05, 3.63) is 53.7 Å². The summed E-state index contributed by atoms with van der Waals surface area (Å²) in [5.74, 6) is 0. The van der Waals surface area contributed by atoms with Crippen LogP contribution >= 0.6 is 0 Å². The maximum Gasteiger partial charge on any atom is 0.176 e. The van der Waals surface area contributed by atoms with E-state index in [-0.39, 0.29) is 0 Å². The summed E-state index contributed by atoms with van der Waals surface area (Å²) in [6.07, 6.45) is 11.1. The van der Waals surface area contributed by atoms with Crippen molar-refractivity contribution in [3.8, 4) is 0 Å². The number of allylic oxidation sites excluding steroid dienone is 3. The summed E-state index contributed by atoms with van der Waals surface area (Å²) >= 11 is 0. The van der Waals surface area contributed by atoms with Crippen molar-refractivity contribution in [3.63, 3.8) is 0 Å². The van der Waals surface area contributed by atoms with Gasteiger partial charge in [-0.3, -0.25) is 0 Å². The van der Waals surface area contributed by atoms with Gasteiger partial charge in [0.05, 0.1) is 0 Å². The Kier molecular flexibility index (Phi) is 3.35. The number of nitrogens with zero attached hydrogens (tertiary/aromatic N) is 1. The molecule has 1 heterocycles. The van der Waals surface area contributed by atoms with Crippen molar-refractivity contribution in [1.82, 2.24) is 0 Å². The number of hydrogen-bond donors (Lipinski definition) is 0. The van der Waals surface area contributed by atoms with Crippen molar-refractivity contribution >= 4 is 11.8 Å². The first-order valence-electron chi connectivity index (χ1n) is 5.76. The summed E-state index contributed by atoms with van der Waals surface area (Å²) in [5.41, 5.74) is 3.92. The zero-order valence-corrected chi connectivity index (χ0v) is 9.98. The summed E-state index contributed by atoms with van der Waals surface area (Å²) in [7, 11) is 2.07. The molecule has 16 heavy (non-hydrogen) atoms. The van der Waals surface area contributed by atoms with Gasteiger partial charge in [-0.15, -0.1) is 0 Å². The molecule has 0 spiro atoms. The van der Waals surface area contributed by atoms with Crippen LogP contribution in [0.3, 0.4) is 0 Å². The van der Waals surface area contributed by atoms with E-state index < -0.39 is 0 Å². The van der Waals surface area contributed by atoms with Crippen molar-refractivity contribution in [2.45, 2.75) is 19.8 Å². The minimum Gasteiger partial charge on any atom is -0.208 e. The van der Waals surface area contributed by atoms with E-state index in [0.717, 1.165) is 12.8 Å². The van der Waals surface area contributed by atoms with Crippen LogP contribution in [0, 0.1) is 6.92 Å². The molecule has 0 amide bonds. The quantitative estimate of drug-likeness (QED) is 0.628. The van der Waals surface area contributed by atoms with Gasteiger partial charge >= 0.3 is 0 Å². The number of aryl methyl sites for hydroxylation is 1. The Morgan fingerprint density at radius 3 is 2.56 bits per heavy atom. The fourth-order valence-corrected chi connectivity index (χ4v) is 1.83. The van der Waals surface area contributed by atoms with E-state index in [4.69, 9.17) is 0 Å². The summed E-state index contributed by atoms with van der Waals surface area (Å²) in [6, 6.07) is 8.71. The van der Waals surface area contributed by atoms with Gasteiger partial charge in [0, 0.05) is 5.57 Å². The van der Waals surface area contributed by atoms with Crippen LogP contribution in [-0.2, 0) is 0 Å². The van der Waals surface area contributed by atoms with E-state index in [0.29, 0.717) is 0 Å². The third kappa shape index (κ3) is 2.69. The van der Waals surface area contributed by atoms with Crippen LogP contribution in [-0.4, -0.2) is 17.8 Å². The Balaban J connectivity index is 2.35. The van der Waals surface area contributed by atoms with Crippen molar-refractivity contribution < 1.29 is 4.58 Å². The lowest BCUT2D eigenvalue weighted by molar-refractivity contribution is -0.415. The Hall–Kier alpha value is -1.63. The summed E-state index contributed by atoms with van der Waals surface area (Å²) in [6.45, 7) is 2.12. The van der Waals surface area contributed by atoms with Crippen LogP contribution in [0.1, 0.15) is 24.0 Å². The fourth-order valence-electron chi connectivity index (χ4n) is 1.83. The first-order valence-corrected chi connectivity index (χ1v) is 5.76.